The van der Waals surface area contributed by atoms with Crippen LogP contribution in [0.3, 0.4) is 0 Å². The van der Waals surface area contributed by atoms with Crippen LogP contribution in [-0.4, -0.2) is 69.1 Å². The van der Waals surface area contributed by atoms with Crippen LogP contribution < -0.4 is 19.8 Å². The van der Waals surface area contributed by atoms with Crippen molar-refractivity contribution in [1.29, 1.82) is 0 Å². The SMILES string of the molecule is COc1cc(C2C3=CCC4C(=O)N(c5ccc(C(=O)O)c(O)c5)C(=O)C4C3CC3C(=O)N(Nc4ncc(C(F)(F)F)cc4Cl)C(=O)C32c2ccc(Cl)cc2)cc(OC)c1O. The van der Waals surface area contributed by atoms with Gasteiger partial charge < -0.3 is 24.8 Å². The highest BCUT2D eigenvalue weighted by Crippen LogP contribution is 2.65. The van der Waals surface area contributed by atoms with E-state index in [0.29, 0.717) is 22.8 Å². The zero-order valence-electron chi connectivity index (χ0n) is 31.2. The molecule has 8 rings (SSSR count). The smallest absolute Gasteiger partial charge is 0.417 e. The van der Waals surface area contributed by atoms with E-state index in [1.165, 1.54) is 44.6 Å². The lowest BCUT2D eigenvalue weighted by molar-refractivity contribution is -0.139. The maximum atomic E-state index is 15.4. The van der Waals surface area contributed by atoms with Crippen LogP contribution in [0.1, 0.15) is 45.8 Å². The van der Waals surface area contributed by atoms with Crippen LogP contribution in [0.5, 0.6) is 23.0 Å². The lowest BCUT2D eigenvalue weighted by atomic mass is 9.49. The number of ether oxygens (including phenoxy) is 2. The van der Waals surface area contributed by atoms with E-state index >= 15 is 4.79 Å². The second kappa shape index (κ2) is 14.4. The Morgan fingerprint density at radius 1 is 0.917 bits per heavy atom. The van der Waals surface area contributed by atoms with E-state index in [2.05, 4.69) is 10.4 Å². The van der Waals surface area contributed by atoms with Crippen LogP contribution in [0.15, 0.2) is 78.5 Å². The first-order valence-corrected chi connectivity index (χ1v) is 18.9. The first kappa shape index (κ1) is 40.4. The summed E-state index contributed by atoms with van der Waals surface area (Å²) >= 11 is 12.6. The fourth-order valence-electron chi connectivity index (χ4n) is 9.33. The molecule has 310 valence electrons. The molecule has 19 heteroatoms. The van der Waals surface area contributed by atoms with E-state index in [-0.39, 0.29) is 51.9 Å². The molecule has 4 aromatic rings. The van der Waals surface area contributed by atoms with Gasteiger partial charge in [0.1, 0.15) is 11.3 Å². The summed E-state index contributed by atoms with van der Waals surface area (Å²) in [6.07, 6.45) is -2.80. The normalized spacial score (nSPS) is 24.8. The van der Waals surface area contributed by atoms with Gasteiger partial charge in [0.2, 0.25) is 17.6 Å². The van der Waals surface area contributed by atoms with Crippen molar-refractivity contribution in [1.82, 2.24) is 9.99 Å². The van der Waals surface area contributed by atoms with Gasteiger partial charge in [-0.25, -0.2) is 14.7 Å². The second-order valence-electron chi connectivity index (χ2n) is 14.7. The van der Waals surface area contributed by atoms with Crippen LogP contribution in [0, 0.1) is 23.7 Å². The van der Waals surface area contributed by atoms with Gasteiger partial charge in [0.05, 0.1) is 53.7 Å². The number of hydrazine groups is 1. The van der Waals surface area contributed by atoms with Crippen LogP contribution in [0.25, 0.3) is 0 Å². The number of phenolic OH excluding ortho intramolecular Hbond substituents is 1. The molecule has 60 heavy (non-hydrogen) atoms. The number of hydrogen-bond donors (Lipinski definition) is 4. The Hall–Kier alpha value is -6.33. The molecule has 6 atom stereocenters. The van der Waals surface area contributed by atoms with Gasteiger partial charge in [-0.2, -0.15) is 18.2 Å². The Bertz CT molecular complexity index is 2550. The number of imide groups is 2. The van der Waals surface area contributed by atoms with Crippen molar-refractivity contribution in [3.63, 3.8) is 0 Å². The lowest BCUT2D eigenvalue weighted by Gasteiger charge is -2.50. The summed E-state index contributed by atoms with van der Waals surface area (Å²) in [6.45, 7) is 0. The van der Waals surface area contributed by atoms with Crippen LogP contribution in [0.2, 0.25) is 10.0 Å². The number of methoxy groups -OCH3 is 2. The number of hydrogen-bond acceptors (Lipinski definition) is 11. The van der Waals surface area contributed by atoms with Crippen molar-refractivity contribution in [2.24, 2.45) is 23.7 Å². The number of alkyl halides is 3. The van der Waals surface area contributed by atoms with Crippen molar-refractivity contribution in [2.45, 2.75) is 30.4 Å². The molecule has 0 bridgehead atoms. The van der Waals surface area contributed by atoms with E-state index in [9.17, 15) is 47.7 Å². The van der Waals surface area contributed by atoms with E-state index in [1.807, 2.05) is 0 Å². The van der Waals surface area contributed by atoms with E-state index in [4.69, 9.17) is 32.7 Å². The lowest BCUT2D eigenvalue weighted by Crippen LogP contribution is -2.53. The molecule has 2 aliphatic carbocycles. The Morgan fingerprint density at radius 3 is 2.17 bits per heavy atom. The number of aromatic carboxylic acids is 1. The molecule has 14 nitrogen and oxygen atoms in total. The molecule has 3 heterocycles. The van der Waals surface area contributed by atoms with Crippen molar-refractivity contribution < 1.29 is 61.9 Å². The molecular formula is C41H31Cl2F3N4O10. The Labute approximate surface area is 347 Å². The number of carbonyl (C=O) groups is 5. The zero-order valence-corrected chi connectivity index (χ0v) is 32.7. The first-order chi connectivity index (χ1) is 28.4. The maximum absolute atomic E-state index is 15.4. The quantitative estimate of drug-likeness (QED) is 0.108. The maximum Gasteiger partial charge on any atom is 0.417 e. The van der Waals surface area contributed by atoms with Gasteiger partial charge in [0.25, 0.3) is 11.8 Å². The number of aromatic hydroxyl groups is 2. The van der Waals surface area contributed by atoms with Gasteiger partial charge >= 0.3 is 12.1 Å². The predicted octanol–water partition coefficient (Wildman–Crippen LogP) is 6.72. The van der Waals surface area contributed by atoms with E-state index < -0.39 is 98.5 Å². The number of carbonyl (C=O) groups excluding carboxylic acids is 4. The summed E-state index contributed by atoms with van der Waals surface area (Å²) in [5.41, 5.74) is -0.0187. The summed E-state index contributed by atoms with van der Waals surface area (Å²) in [5.74, 6) is -11.7. The molecule has 3 aromatic carbocycles. The molecule has 0 radical (unpaired) electrons. The molecule has 4 amide bonds. The standard InChI is InChI=1S/C41H31Cl2F3N4O10/c1-59-29-11-17(12-30(60-2)33(29)52)32-22-9-10-24-31(37(55)49(35(24)53)21-7-8-23(38(56)57)28(51)14-21)25(22)15-26-36(54)50(39(58)40(26,32)18-3-5-20(42)6-4-18)48-34-27(43)13-19(16-47-34)41(44,45)46/h3-9,11-14,16,24-26,31-32,51-52H,10,15H2,1-2H3,(H,47,48)(H,56,57). The summed E-state index contributed by atoms with van der Waals surface area (Å²) in [6, 6.07) is 12.9. The number of allylic oxidation sites excluding steroid dienone is 2. The molecule has 2 saturated heterocycles. The summed E-state index contributed by atoms with van der Waals surface area (Å²) in [5, 5.41) is 31.3. The average molecular weight is 868 g/mol. The Morgan fingerprint density at radius 2 is 1.58 bits per heavy atom. The van der Waals surface area contributed by atoms with E-state index in [1.54, 1.807) is 18.2 Å². The van der Waals surface area contributed by atoms with E-state index in [0.717, 1.165) is 17.0 Å². The minimum absolute atomic E-state index is 0.0177. The molecule has 1 saturated carbocycles. The highest BCUT2D eigenvalue weighted by molar-refractivity contribution is 6.33. The molecule has 0 spiro atoms. The number of anilines is 2. The predicted molar refractivity (Wildman–Crippen MR) is 206 cm³/mol. The van der Waals surface area contributed by atoms with Crippen molar-refractivity contribution in [2.75, 3.05) is 24.5 Å². The number of carboxylic acid groups (broad SMARTS) is 1. The summed E-state index contributed by atoms with van der Waals surface area (Å²) in [7, 11) is 2.58. The number of amides is 4. The second-order valence-corrected chi connectivity index (χ2v) is 15.6. The number of benzene rings is 3. The minimum atomic E-state index is -4.81. The third-order valence-electron chi connectivity index (χ3n) is 11.9. The van der Waals surface area contributed by atoms with Gasteiger partial charge in [-0.3, -0.25) is 24.6 Å². The number of pyridine rings is 1. The number of carboxylic acids is 1. The topological polar surface area (TPSA) is 196 Å². The molecule has 2 aliphatic heterocycles. The van der Waals surface area contributed by atoms with Crippen LogP contribution in [-0.2, 0) is 30.8 Å². The monoisotopic (exact) mass is 866 g/mol. The summed E-state index contributed by atoms with van der Waals surface area (Å²) < 4.78 is 51.6. The third-order valence-corrected chi connectivity index (χ3v) is 12.4. The van der Waals surface area contributed by atoms with Gasteiger partial charge in [-0.05, 0) is 72.4 Å². The number of aromatic nitrogens is 1. The van der Waals surface area contributed by atoms with Crippen LogP contribution >= 0.6 is 23.2 Å². The molecule has 3 fully saturated rings. The highest BCUT2D eigenvalue weighted by atomic mass is 35.5. The number of nitrogens with one attached hydrogen (secondary N) is 1. The Kier molecular flexibility index (Phi) is 9.74. The average Bonchev–Trinajstić information content (AvgIpc) is 3.58. The number of phenols is 2. The van der Waals surface area contributed by atoms with Crippen molar-refractivity contribution >= 4 is 64.3 Å². The summed E-state index contributed by atoms with van der Waals surface area (Å²) in [4.78, 5) is 75.4. The van der Waals surface area contributed by atoms with Crippen molar-refractivity contribution in [3.05, 3.63) is 111 Å². The highest BCUT2D eigenvalue weighted by Gasteiger charge is 2.70. The number of fused-ring (bicyclic) bond motifs is 4. The Balaban J connectivity index is 1.33. The van der Waals surface area contributed by atoms with Gasteiger partial charge in [-0.1, -0.05) is 47.0 Å². The van der Waals surface area contributed by atoms with Gasteiger partial charge in [0, 0.05) is 23.2 Å². The molecular weight excluding hydrogens is 836 g/mol. The molecule has 4 N–H and O–H groups in total. The molecule has 4 aliphatic rings. The van der Waals surface area contributed by atoms with Gasteiger partial charge in [0.15, 0.2) is 17.3 Å². The van der Waals surface area contributed by atoms with Crippen LogP contribution in [0.4, 0.5) is 24.7 Å². The largest absolute Gasteiger partial charge is 0.507 e. The number of halogens is 5. The molecule has 1 aromatic heterocycles. The fourth-order valence-corrected chi connectivity index (χ4v) is 9.67. The first-order valence-electron chi connectivity index (χ1n) is 18.2. The van der Waals surface area contributed by atoms with Crippen molar-refractivity contribution in [3.8, 4) is 23.0 Å². The molecule has 6 unspecified atom stereocenters. The number of rotatable bonds is 8. The third kappa shape index (κ3) is 6.00. The van der Waals surface area contributed by atoms with Gasteiger partial charge in [-0.15, -0.1) is 0 Å². The minimum Gasteiger partial charge on any atom is -0.507 e. The zero-order chi connectivity index (χ0) is 43.2. The fraction of sp³-hybridized carbons (Fsp3) is 0.268. The number of nitrogens with zero attached hydrogens (tertiary/aromatic N) is 3.